The zero-order chi connectivity index (χ0) is 11.3. The summed E-state index contributed by atoms with van der Waals surface area (Å²) in [6, 6.07) is -0.146. The van der Waals surface area contributed by atoms with Crippen LogP contribution in [0.2, 0.25) is 0 Å². The Kier molecular flexibility index (Phi) is 2.03. The lowest BCUT2D eigenvalue weighted by molar-refractivity contribution is -0.140. The van der Waals surface area contributed by atoms with Crippen molar-refractivity contribution in [2.24, 2.45) is 0 Å². The van der Waals surface area contributed by atoms with Crippen molar-refractivity contribution in [3.63, 3.8) is 0 Å². The van der Waals surface area contributed by atoms with Gasteiger partial charge in [-0.05, 0) is 32.6 Å². The minimum Gasteiger partial charge on any atom is -0.335 e. The minimum absolute atomic E-state index is 0.0654. The highest BCUT2D eigenvalue weighted by Gasteiger charge is 2.50. The first-order chi connectivity index (χ1) is 7.62. The van der Waals surface area contributed by atoms with Crippen LogP contribution < -0.4 is 0 Å². The van der Waals surface area contributed by atoms with Gasteiger partial charge in [-0.25, -0.2) is 0 Å². The lowest BCUT2D eigenvalue weighted by Crippen LogP contribution is -2.47. The third kappa shape index (κ3) is 1.35. The zero-order valence-electron chi connectivity index (χ0n) is 9.74. The van der Waals surface area contributed by atoms with Crippen molar-refractivity contribution >= 4 is 11.8 Å². The first-order valence-electron chi connectivity index (χ1n) is 6.23. The average Bonchev–Trinajstić information content (AvgIpc) is 2.84. The summed E-state index contributed by atoms with van der Waals surface area (Å²) in [7, 11) is 0. The molecule has 0 aromatic carbocycles. The Morgan fingerprint density at radius 1 is 1.25 bits per heavy atom. The van der Waals surface area contributed by atoms with Gasteiger partial charge in [0.25, 0.3) is 0 Å². The van der Waals surface area contributed by atoms with Crippen LogP contribution in [0.15, 0.2) is 0 Å². The van der Waals surface area contributed by atoms with Crippen LogP contribution in [0.25, 0.3) is 0 Å². The molecule has 0 N–H and O–H groups in total. The summed E-state index contributed by atoms with van der Waals surface area (Å²) >= 11 is 0. The smallest absolute Gasteiger partial charge is 0.245 e. The maximum Gasteiger partial charge on any atom is 0.245 e. The molecule has 0 spiro atoms. The molecule has 0 radical (unpaired) electrons. The highest BCUT2D eigenvalue weighted by Crippen LogP contribution is 2.43. The van der Waals surface area contributed by atoms with E-state index in [-0.39, 0.29) is 23.4 Å². The van der Waals surface area contributed by atoms with Gasteiger partial charge in [0.05, 0.1) is 0 Å². The first kappa shape index (κ1) is 10.1. The fourth-order valence-corrected chi connectivity index (χ4v) is 2.95. The zero-order valence-corrected chi connectivity index (χ0v) is 9.74. The normalized spacial score (nSPS) is 32.7. The van der Waals surface area contributed by atoms with E-state index in [1.807, 2.05) is 4.90 Å². The maximum absolute atomic E-state index is 12.4. The van der Waals surface area contributed by atoms with E-state index in [4.69, 9.17) is 0 Å². The van der Waals surface area contributed by atoms with Gasteiger partial charge in [0, 0.05) is 25.0 Å². The number of nitrogens with zero attached hydrogens (tertiary/aromatic N) is 2. The summed E-state index contributed by atoms with van der Waals surface area (Å²) in [6.45, 7) is 3.54. The Balaban J connectivity index is 1.88. The number of hydrogen-bond acceptors (Lipinski definition) is 2. The van der Waals surface area contributed by atoms with Gasteiger partial charge >= 0.3 is 0 Å². The molecule has 1 unspecified atom stereocenters. The lowest BCUT2D eigenvalue weighted by atomic mass is 10.1. The number of fused-ring (bicyclic) bond motifs is 1. The summed E-state index contributed by atoms with van der Waals surface area (Å²) in [5.41, 5.74) is 0.0654. The number of rotatable bonds is 1. The molecule has 16 heavy (non-hydrogen) atoms. The van der Waals surface area contributed by atoms with Crippen molar-refractivity contribution in [2.75, 3.05) is 13.1 Å². The van der Waals surface area contributed by atoms with Crippen molar-refractivity contribution in [3.8, 4) is 0 Å². The van der Waals surface area contributed by atoms with Crippen molar-refractivity contribution in [1.29, 1.82) is 0 Å². The van der Waals surface area contributed by atoms with Crippen molar-refractivity contribution in [2.45, 2.75) is 50.6 Å². The Bertz CT molecular complexity index is 349. The van der Waals surface area contributed by atoms with Crippen molar-refractivity contribution in [3.05, 3.63) is 0 Å². The topological polar surface area (TPSA) is 40.6 Å². The monoisotopic (exact) mass is 222 g/mol. The average molecular weight is 222 g/mol. The quantitative estimate of drug-likeness (QED) is 0.657. The third-order valence-corrected chi connectivity index (χ3v) is 4.30. The maximum atomic E-state index is 12.4. The second-order valence-electron chi connectivity index (χ2n) is 5.48. The number of carbonyl (C=O) groups excluding carboxylic acids is 2. The van der Waals surface area contributed by atoms with Crippen LogP contribution in [-0.4, -0.2) is 46.3 Å². The van der Waals surface area contributed by atoms with Crippen LogP contribution in [0.1, 0.15) is 39.0 Å². The van der Waals surface area contributed by atoms with Crippen LogP contribution in [0.3, 0.4) is 0 Å². The van der Waals surface area contributed by atoms with Crippen molar-refractivity contribution < 1.29 is 9.59 Å². The number of hydrogen-bond donors (Lipinski definition) is 0. The second kappa shape index (κ2) is 3.22. The molecule has 2 aliphatic heterocycles. The van der Waals surface area contributed by atoms with E-state index in [0.29, 0.717) is 13.0 Å². The van der Waals surface area contributed by atoms with Gasteiger partial charge in [-0.2, -0.15) is 0 Å². The molecule has 1 aliphatic carbocycles. The molecule has 1 atom stereocenters. The van der Waals surface area contributed by atoms with E-state index in [0.717, 1.165) is 32.2 Å². The molecule has 4 heteroatoms. The molecule has 1 saturated carbocycles. The van der Waals surface area contributed by atoms with Crippen LogP contribution in [0, 0.1) is 0 Å². The van der Waals surface area contributed by atoms with Gasteiger partial charge in [0.15, 0.2) is 0 Å². The molecule has 3 aliphatic rings. The molecule has 2 heterocycles. The Hall–Kier alpha value is -1.06. The van der Waals surface area contributed by atoms with Gasteiger partial charge in [-0.3, -0.25) is 9.59 Å². The van der Waals surface area contributed by atoms with Crippen LogP contribution >= 0.6 is 0 Å². The van der Waals surface area contributed by atoms with Crippen molar-refractivity contribution in [1.82, 2.24) is 9.80 Å². The summed E-state index contributed by atoms with van der Waals surface area (Å²) in [4.78, 5) is 28.0. The SMILES string of the molecule is CC1(N2CCC(=O)N3CCCC3C2=O)CC1. The summed E-state index contributed by atoms with van der Waals surface area (Å²) in [5.74, 6) is 0.367. The number of carbonyl (C=O) groups is 2. The fraction of sp³-hybridized carbons (Fsp3) is 0.833. The minimum atomic E-state index is -0.146. The second-order valence-corrected chi connectivity index (χ2v) is 5.48. The van der Waals surface area contributed by atoms with E-state index in [9.17, 15) is 9.59 Å². The van der Waals surface area contributed by atoms with Gasteiger partial charge in [0.2, 0.25) is 11.8 Å². The molecular weight excluding hydrogens is 204 g/mol. The Morgan fingerprint density at radius 3 is 2.69 bits per heavy atom. The molecule has 88 valence electrons. The van der Waals surface area contributed by atoms with E-state index in [1.165, 1.54) is 0 Å². The summed E-state index contributed by atoms with van der Waals surface area (Å²) < 4.78 is 0. The van der Waals surface area contributed by atoms with E-state index < -0.39 is 0 Å². The summed E-state index contributed by atoms with van der Waals surface area (Å²) in [5, 5.41) is 0. The van der Waals surface area contributed by atoms with Gasteiger partial charge in [-0.1, -0.05) is 0 Å². The fourth-order valence-electron chi connectivity index (χ4n) is 2.95. The van der Waals surface area contributed by atoms with Gasteiger partial charge in [-0.15, -0.1) is 0 Å². The standard InChI is InChI=1S/C12H18N2O2/c1-12(5-6-12)14-8-4-10(15)13-7-2-3-9(13)11(14)16/h9H,2-8H2,1H3. The van der Waals surface area contributed by atoms with Crippen LogP contribution in [0.4, 0.5) is 0 Å². The van der Waals surface area contributed by atoms with Crippen LogP contribution in [0.5, 0.6) is 0 Å². The first-order valence-corrected chi connectivity index (χ1v) is 6.23. The molecule has 0 bridgehead atoms. The highest BCUT2D eigenvalue weighted by molar-refractivity contribution is 5.91. The molecule has 2 saturated heterocycles. The predicted molar refractivity (Wildman–Crippen MR) is 58.7 cm³/mol. The van der Waals surface area contributed by atoms with Gasteiger partial charge < -0.3 is 9.80 Å². The molecule has 2 amide bonds. The Labute approximate surface area is 95.6 Å². The van der Waals surface area contributed by atoms with E-state index >= 15 is 0 Å². The van der Waals surface area contributed by atoms with Crippen LogP contribution in [-0.2, 0) is 9.59 Å². The van der Waals surface area contributed by atoms with E-state index in [1.54, 1.807) is 4.90 Å². The molecule has 4 nitrogen and oxygen atoms in total. The van der Waals surface area contributed by atoms with E-state index in [2.05, 4.69) is 6.92 Å². The molecule has 0 aromatic heterocycles. The lowest BCUT2D eigenvalue weighted by Gasteiger charge is -2.30. The largest absolute Gasteiger partial charge is 0.335 e. The number of amides is 2. The molecule has 3 fully saturated rings. The molecular formula is C12H18N2O2. The molecule has 3 rings (SSSR count). The van der Waals surface area contributed by atoms with Gasteiger partial charge in [0.1, 0.15) is 6.04 Å². The highest BCUT2D eigenvalue weighted by atomic mass is 16.2. The third-order valence-electron chi connectivity index (χ3n) is 4.30. The molecule has 0 aromatic rings. The Morgan fingerprint density at radius 2 is 2.00 bits per heavy atom. The summed E-state index contributed by atoms with van der Waals surface area (Å²) in [6.07, 6.45) is 4.54. The predicted octanol–water partition coefficient (Wildman–Crippen LogP) is 0.762.